The Kier molecular flexibility index (Phi) is 3.05. The first-order chi connectivity index (χ1) is 8.61. The van der Waals surface area contributed by atoms with E-state index in [1.807, 2.05) is 0 Å². The molecule has 0 bridgehead atoms. The molecule has 0 fully saturated rings. The number of amides is 1. The average molecular weight is 247 g/mol. The predicted octanol–water partition coefficient (Wildman–Crippen LogP) is 1.86. The van der Waals surface area contributed by atoms with Crippen molar-refractivity contribution in [2.45, 2.75) is 0 Å². The van der Waals surface area contributed by atoms with Crippen LogP contribution in [0.2, 0.25) is 0 Å². The van der Waals surface area contributed by atoms with Crippen LogP contribution in [0.5, 0.6) is 5.75 Å². The van der Waals surface area contributed by atoms with Crippen LogP contribution in [0.3, 0.4) is 0 Å². The Hall–Kier alpha value is -2.70. The van der Waals surface area contributed by atoms with Gasteiger partial charge in [0.05, 0.1) is 11.0 Å². The minimum Gasteiger partial charge on any atom is -0.408 e. The Bertz CT molecular complexity index is 627. The molecule has 0 spiro atoms. The van der Waals surface area contributed by atoms with Gasteiger partial charge in [-0.2, -0.15) is 0 Å². The van der Waals surface area contributed by atoms with Crippen molar-refractivity contribution < 1.29 is 14.5 Å². The molecule has 0 aliphatic rings. The summed E-state index contributed by atoms with van der Waals surface area (Å²) in [6.07, 6.45) is 0.813. The number of fused-ring (bicyclic) bond motifs is 1. The number of carbonyl (C=O) groups is 1. The van der Waals surface area contributed by atoms with E-state index in [4.69, 9.17) is 4.74 Å². The second-order valence-electron chi connectivity index (χ2n) is 3.42. The fourth-order valence-corrected chi connectivity index (χ4v) is 1.48. The Morgan fingerprint density at radius 1 is 1.50 bits per heavy atom. The molecule has 0 saturated carbocycles. The molecular weight excluding hydrogens is 238 g/mol. The van der Waals surface area contributed by atoms with Crippen LogP contribution in [-0.2, 0) is 0 Å². The third kappa shape index (κ3) is 2.19. The van der Waals surface area contributed by atoms with Gasteiger partial charge in [-0.3, -0.25) is 15.1 Å². The molecule has 2 rings (SSSR count). The average Bonchev–Trinajstić information content (AvgIpc) is 2.38. The highest BCUT2D eigenvalue weighted by Gasteiger charge is 2.15. The summed E-state index contributed by atoms with van der Waals surface area (Å²) in [6.45, 7) is 0. The highest BCUT2D eigenvalue weighted by atomic mass is 16.6. The molecule has 0 unspecified atom stereocenters. The van der Waals surface area contributed by atoms with Crippen molar-refractivity contribution in [1.82, 2.24) is 10.3 Å². The number of nitrogens with one attached hydrogen (secondary N) is 1. The quantitative estimate of drug-likeness (QED) is 0.645. The molecule has 0 saturated heterocycles. The van der Waals surface area contributed by atoms with Crippen molar-refractivity contribution in [1.29, 1.82) is 0 Å². The van der Waals surface area contributed by atoms with Gasteiger partial charge in [-0.05, 0) is 6.07 Å². The Morgan fingerprint density at radius 3 is 2.94 bits per heavy atom. The first-order valence-corrected chi connectivity index (χ1v) is 5.04. The first kappa shape index (κ1) is 11.8. The highest BCUT2D eigenvalue weighted by Crippen LogP contribution is 2.29. The number of hydrogen-bond donors (Lipinski definition) is 1. The molecule has 18 heavy (non-hydrogen) atoms. The molecule has 7 heteroatoms. The third-order valence-corrected chi connectivity index (χ3v) is 2.27. The molecule has 0 aliphatic heterocycles. The molecule has 0 atom stereocenters. The zero-order valence-electron chi connectivity index (χ0n) is 9.41. The van der Waals surface area contributed by atoms with E-state index >= 15 is 0 Å². The highest BCUT2D eigenvalue weighted by molar-refractivity contribution is 5.88. The van der Waals surface area contributed by atoms with E-state index in [-0.39, 0.29) is 11.4 Å². The minimum absolute atomic E-state index is 0.0548. The molecule has 7 nitrogen and oxygen atoms in total. The van der Waals surface area contributed by atoms with Crippen molar-refractivity contribution in [3.05, 3.63) is 40.6 Å². The summed E-state index contributed by atoms with van der Waals surface area (Å²) in [5.74, 6) is 0.0548. The number of aromatic nitrogens is 1. The third-order valence-electron chi connectivity index (χ3n) is 2.27. The molecule has 92 valence electrons. The van der Waals surface area contributed by atoms with E-state index in [9.17, 15) is 14.9 Å². The number of nitro benzene ring substituents is 1. The summed E-state index contributed by atoms with van der Waals surface area (Å²) in [5, 5.41) is 13.6. The lowest BCUT2D eigenvalue weighted by molar-refractivity contribution is -0.384. The Labute approximate surface area is 102 Å². The second-order valence-corrected chi connectivity index (χ2v) is 3.42. The monoisotopic (exact) mass is 247 g/mol. The zero-order chi connectivity index (χ0) is 13.1. The molecule has 0 aliphatic carbocycles. The van der Waals surface area contributed by atoms with Gasteiger partial charge in [0.1, 0.15) is 5.52 Å². The smallest absolute Gasteiger partial charge is 0.408 e. The Morgan fingerprint density at radius 2 is 2.28 bits per heavy atom. The van der Waals surface area contributed by atoms with Crippen LogP contribution < -0.4 is 10.1 Å². The number of nitro groups is 1. The number of carbonyl (C=O) groups excluding carboxylic acids is 1. The van der Waals surface area contributed by atoms with Crippen molar-refractivity contribution in [3.63, 3.8) is 0 Å². The van der Waals surface area contributed by atoms with Crippen molar-refractivity contribution in [2.75, 3.05) is 7.05 Å². The largest absolute Gasteiger partial charge is 0.412 e. The van der Waals surface area contributed by atoms with Crippen LogP contribution in [0.1, 0.15) is 0 Å². The number of rotatable bonds is 2. The van der Waals surface area contributed by atoms with Crippen LogP contribution >= 0.6 is 0 Å². The lowest BCUT2D eigenvalue weighted by Gasteiger charge is -2.06. The summed E-state index contributed by atoms with van der Waals surface area (Å²) in [7, 11) is 1.40. The van der Waals surface area contributed by atoms with Crippen LogP contribution in [0.15, 0.2) is 30.5 Å². The van der Waals surface area contributed by atoms with Crippen LogP contribution in [-0.4, -0.2) is 23.0 Å². The van der Waals surface area contributed by atoms with Crippen molar-refractivity contribution in [2.24, 2.45) is 0 Å². The van der Waals surface area contributed by atoms with Gasteiger partial charge in [-0.15, -0.1) is 0 Å². The number of benzene rings is 1. The number of hydrogen-bond acceptors (Lipinski definition) is 5. The number of nitrogens with zero attached hydrogens (tertiary/aromatic N) is 2. The fourth-order valence-electron chi connectivity index (χ4n) is 1.48. The van der Waals surface area contributed by atoms with Crippen LogP contribution in [0.4, 0.5) is 10.5 Å². The van der Waals surface area contributed by atoms with Gasteiger partial charge in [0.15, 0.2) is 5.75 Å². The van der Waals surface area contributed by atoms with E-state index in [1.54, 1.807) is 12.1 Å². The summed E-state index contributed by atoms with van der Waals surface area (Å²) in [4.78, 5) is 25.4. The fraction of sp³-hybridized carbons (Fsp3) is 0.0909. The maximum atomic E-state index is 11.2. The lowest BCUT2D eigenvalue weighted by atomic mass is 10.2. The second kappa shape index (κ2) is 4.66. The van der Waals surface area contributed by atoms with Crippen molar-refractivity contribution >= 4 is 22.7 Å². The number of non-ortho nitro benzene ring substituents is 1. The number of ether oxygens (including phenoxy) is 1. The molecule has 1 aromatic heterocycles. The van der Waals surface area contributed by atoms with E-state index in [0.29, 0.717) is 10.9 Å². The van der Waals surface area contributed by atoms with E-state index in [0.717, 1.165) is 0 Å². The molecule has 1 amide bonds. The SMILES string of the molecule is CNC(=O)Oc1cc([N+](=O)[O-])cc2cccnc12. The Balaban J connectivity index is 2.60. The van der Waals surface area contributed by atoms with Gasteiger partial charge >= 0.3 is 6.09 Å². The van der Waals surface area contributed by atoms with Gasteiger partial charge in [0.2, 0.25) is 0 Å². The molecule has 1 aromatic carbocycles. The van der Waals surface area contributed by atoms with Gasteiger partial charge in [0.25, 0.3) is 5.69 Å². The van der Waals surface area contributed by atoms with Gasteiger partial charge in [0, 0.05) is 24.7 Å². The summed E-state index contributed by atoms with van der Waals surface area (Å²) < 4.78 is 4.95. The maximum absolute atomic E-state index is 11.2. The molecule has 0 radical (unpaired) electrons. The molecule has 2 aromatic rings. The number of pyridine rings is 1. The topological polar surface area (TPSA) is 94.4 Å². The van der Waals surface area contributed by atoms with E-state index < -0.39 is 11.0 Å². The van der Waals surface area contributed by atoms with Crippen LogP contribution in [0, 0.1) is 10.1 Å². The molecular formula is C11H9N3O4. The minimum atomic E-state index is -0.706. The lowest BCUT2D eigenvalue weighted by Crippen LogP contribution is -2.22. The summed E-state index contributed by atoms with van der Waals surface area (Å²) in [5.41, 5.74) is 0.237. The molecule has 1 N–H and O–H groups in total. The van der Waals surface area contributed by atoms with Gasteiger partial charge in [-0.25, -0.2) is 4.79 Å². The normalized spacial score (nSPS) is 10.1. The summed E-state index contributed by atoms with van der Waals surface area (Å²) >= 11 is 0. The van der Waals surface area contributed by atoms with Crippen molar-refractivity contribution in [3.8, 4) is 5.75 Å². The van der Waals surface area contributed by atoms with E-state index in [1.165, 1.54) is 25.4 Å². The summed E-state index contributed by atoms with van der Waals surface area (Å²) in [6, 6.07) is 5.85. The van der Waals surface area contributed by atoms with Gasteiger partial charge in [-0.1, -0.05) is 6.07 Å². The predicted molar refractivity (Wildman–Crippen MR) is 63.5 cm³/mol. The van der Waals surface area contributed by atoms with E-state index in [2.05, 4.69) is 10.3 Å². The maximum Gasteiger partial charge on any atom is 0.412 e. The zero-order valence-corrected chi connectivity index (χ0v) is 9.41. The van der Waals surface area contributed by atoms with Gasteiger partial charge < -0.3 is 10.1 Å². The standard InChI is InChI=1S/C11H9N3O4/c1-12-11(15)18-9-6-8(14(16)17)5-7-3-2-4-13-10(7)9/h2-6H,1H3,(H,12,15). The molecule has 1 heterocycles. The first-order valence-electron chi connectivity index (χ1n) is 5.04. The van der Waals surface area contributed by atoms with Crippen LogP contribution in [0.25, 0.3) is 10.9 Å².